The number of rotatable bonds is 1. The Kier molecular flexibility index (Phi) is 2.90. The van der Waals surface area contributed by atoms with Gasteiger partial charge < -0.3 is 11.5 Å². The Labute approximate surface area is 104 Å². The zero-order valence-corrected chi connectivity index (χ0v) is 9.70. The van der Waals surface area contributed by atoms with Gasteiger partial charge in [-0.05, 0) is 23.8 Å². The molecule has 3 nitrogen and oxygen atoms in total. The molecule has 2 aromatic carbocycles. The van der Waals surface area contributed by atoms with Gasteiger partial charge in [-0.25, -0.2) is 0 Å². The minimum atomic E-state index is 0.383. The van der Waals surface area contributed by atoms with Crippen LogP contribution < -0.4 is 11.5 Å². The highest BCUT2D eigenvalue weighted by molar-refractivity contribution is 6.36. The Hall–Kier alpha value is -2.18. The molecule has 0 radical (unpaired) electrons. The fourth-order valence-corrected chi connectivity index (χ4v) is 1.84. The third-order valence-electron chi connectivity index (χ3n) is 2.54. The molecule has 0 heterocycles. The van der Waals surface area contributed by atoms with Gasteiger partial charge in [-0.15, -0.1) is 0 Å². The van der Waals surface area contributed by atoms with Gasteiger partial charge in [-0.3, -0.25) is 0 Å². The standard InChI is InChI=1S/C13H10ClN3/c14-12-10(5-6-11(16)13(12)17)9-3-1-8(7-15)2-4-9/h1-6H,16-17H2. The van der Waals surface area contributed by atoms with Gasteiger partial charge in [0.1, 0.15) is 0 Å². The Morgan fingerprint density at radius 3 is 2.24 bits per heavy atom. The Balaban J connectivity index is 2.54. The lowest BCUT2D eigenvalue weighted by molar-refractivity contribution is 1.48. The molecule has 0 unspecified atom stereocenters. The van der Waals surface area contributed by atoms with Crippen molar-refractivity contribution in [3.63, 3.8) is 0 Å². The number of hydrogen-bond acceptors (Lipinski definition) is 3. The summed E-state index contributed by atoms with van der Waals surface area (Å²) in [7, 11) is 0. The van der Waals surface area contributed by atoms with E-state index in [2.05, 4.69) is 6.07 Å². The van der Waals surface area contributed by atoms with Crippen LogP contribution in [-0.4, -0.2) is 0 Å². The molecule has 17 heavy (non-hydrogen) atoms. The fraction of sp³-hybridized carbons (Fsp3) is 0. The summed E-state index contributed by atoms with van der Waals surface area (Å²) >= 11 is 6.14. The first-order chi connectivity index (χ1) is 8.13. The molecule has 4 N–H and O–H groups in total. The zero-order chi connectivity index (χ0) is 12.4. The van der Waals surface area contributed by atoms with E-state index in [0.717, 1.165) is 11.1 Å². The highest BCUT2D eigenvalue weighted by Crippen LogP contribution is 2.35. The number of halogens is 1. The summed E-state index contributed by atoms with van der Waals surface area (Å²) in [6, 6.07) is 12.7. The number of nitriles is 1. The largest absolute Gasteiger partial charge is 0.397 e. The second-order valence-corrected chi connectivity index (χ2v) is 4.00. The van der Waals surface area contributed by atoms with Gasteiger partial charge in [0, 0.05) is 5.56 Å². The van der Waals surface area contributed by atoms with Gasteiger partial charge >= 0.3 is 0 Å². The van der Waals surface area contributed by atoms with Crippen LogP contribution in [0, 0.1) is 11.3 Å². The van der Waals surface area contributed by atoms with E-state index in [0.29, 0.717) is 22.0 Å². The van der Waals surface area contributed by atoms with E-state index in [1.165, 1.54) is 0 Å². The van der Waals surface area contributed by atoms with E-state index in [4.69, 9.17) is 28.3 Å². The van der Waals surface area contributed by atoms with E-state index >= 15 is 0 Å². The van der Waals surface area contributed by atoms with Crippen LogP contribution in [0.4, 0.5) is 11.4 Å². The van der Waals surface area contributed by atoms with Crippen molar-refractivity contribution in [3.8, 4) is 17.2 Å². The van der Waals surface area contributed by atoms with Crippen molar-refractivity contribution in [3.05, 3.63) is 47.0 Å². The number of hydrogen-bond donors (Lipinski definition) is 2. The van der Waals surface area contributed by atoms with Crippen LogP contribution in [0.1, 0.15) is 5.56 Å². The second-order valence-electron chi connectivity index (χ2n) is 3.62. The predicted molar refractivity (Wildman–Crippen MR) is 70.4 cm³/mol. The van der Waals surface area contributed by atoms with Gasteiger partial charge in [0.2, 0.25) is 0 Å². The highest BCUT2D eigenvalue weighted by Gasteiger charge is 2.08. The van der Waals surface area contributed by atoms with Gasteiger partial charge in [0.25, 0.3) is 0 Å². The molecule has 0 aliphatic carbocycles. The lowest BCUT2D eigenvalue weighted by Crippen LogP contribution is -1.96. The molecule has 2 rings (SSSR count). The van der Waals surface area contributed by atoms with Crippen molar-refractivity contribution < 1.29 is 0 Å². The Morgan fingerprint density at radius 2 is 1.65 bits per heavy atom. The summed E-state index contributed by atoms with van der Waals surface area (Å²) in [5.74, 6) is 0. The molecule has 0 amide bonds. The maximum Gasteiger partial charge on any atom is 0.0991 e. The van der Waals surface area contributed by atoms with Crippen molar-refractivity contribution in [2.75, 3.05) is 11.5 Å². The molecule has 0 atom stereocenters. The first kappa shape index (κ1) is 11.3. The molecule has 0 aliphatic rings. The van der Waals surface area contributed by atoms with Crippen molar-refractivity contribution in [2.45, 2.75) is 0 Å². The van der Waals surface area contributed by atoms with Crippen molar-refractivity contribution in [1.29, 1.82) is 5.26 Å². The predicted octanol–water partition coefficient (Wildman–Crippen LogP) is 3.04. The summed E-state index contributed by atoms with van der Waals surface area (Å²) in [5.41, 5.74) is 14.6. The van der Waals surface area contributed by atoms with Crippen LogP contribution >= 0.6 is 11.6 Å². The molecule has 84 valence electrons. The smallest absolute Gasteiger partial charge is 0.0991 e. The lowest BCUT2D eigenvalue weighted by atomic mass is 10.0. The maximum absolute atomic E-state index is 8.72. The number of benzene rings is 2. The van der Waals surface area contributed by atoms with Crippen molar-refractivity contribution in [2.24, 2.45) is 0 Å². The highest BCUT2D eigenvalue weighted by atomic mass is 35.5. The molecule has 0 fully saturated rings. The Bertz CT molecular complexity index is 597. The molecule has 0 saturated carbocycles. The number of anilines is 2. The number of nitrogens with two attached hydrogens (primary N) is 2. The minimum Gasteiger partial charge on any atom is -0.397 e. The summed E-state index contributed by atoms with van der Waals surface area (Å²) in [6.45, 7) is 0. The van der Waals surface area contributed by atoms with Gasteiger partial charge in [0.05, 0.1) is 28.0 Å². The molecular formula is C13H10ClN3. The van der Waals surface area contributed by atoms with E-state index < -0.39 is 0 Å². The molecule has 0 aromatic heterocycles. The molecule has 4 heteroatoms. The number of nitrogen functional groups attached to an aromatic ring is 2. The van der Waals surface area contributed by atoms with E-state index in [-0.39, 0.29) is 0 Å². The zero-order valence-electron chi connectivity index (χ0n) is 8.94. The normalized spacial score (nSPS) is 9.88. The quantitative estimate of drug-likeness (QED) is 0.756. The average molecular weight is 244 g/mol. The molecule has 2 aromatic rings. The van der Waals surface area contributed by atoms with E-state index in [9.17, 15) is 0 Å². The molecule has 0 aliphatic heterocycles. The molecule has 0 spiro atoms. The molecular weight excluding hydrogens is 234 g/mol. The van der Waals surface area contributed by atoms with Gasteiger partial charge in [-0.1, -0.05) is 29.8 Å². The van der Waals surface area contributed by atoms with E-state index in [1.807, 2.05) is 18.2 Å². The van der Waals surface area contributed by atoms with Crippen LogP contribution in [0.25, 0.3) is 11.1 Å². The van der Waals surface area contributed by atoms with Gasteiger partial charge in [0.15, 0.2) is 0 Å². The lowest BCUT2D eigenvalue weighted by Gasteiger charge is -2.09. The molecule has 0 saturated heterocycles. The van der Waals surface area contributed by atoms with Crippen LogP contribution in [0.3, 0.4) is 0 Å². The van der Waals surface area contributed by atoms with Crippen LogP contribution in [0.5, 0.6) is 0 Å². The fourth-order valence-electron chi connectivity index (χ4n) is 1.56. The average Bonchev–Trinajstić information content (AvgIpc) is 2.36. The first-order valence-electron chi connectivity index (χ1n) is 4.97. The van der Waals surface area contributed by atoms with E-state index in [1.54, 1.807) is 18.2 Å². The monoisotopic (exact) mass is 243 g/mol. The van der Waals surface area contributed by atoms with Gasteiger partial charge in [-0.2, -0.15) is 5.26 Å². The molecule has 0 bridgehead atoms. The van der Waals surface area contributed by atoms with Crippen molar-refractivity contribution >= 4 is 23.0 Å². The topological polar surface area (TPSA) is 75.8 Å². The van der Waals surface area contributed by atoms with Crippen LogP contribution in [-0.2, 0) is 0 Å². The second kappa shape index (κ2) is 4.36. The summed E-state index contributed by atoms with van der Waals surface area (Å²) in [5, 5.41) is 9.16. The summed E-state index contributed by atoms with van der Waals surface area (Å²) in [6.07, 6.45) is 0. The number of nitrogens with zero attached hydrogens (tertiary/aromatic N) is 1. The minimum absolute atomic E-state index is 0.383. The first-order valence-corrected chi connectivity index (χ1v) is 5.35. The van der Waals surface area contributed by atoms with Crippen LogP contribution in [0.2, 0.25) is 5.02 Å². The summed E-state index contributed by atoms with van der Waals surface area (Å²) < 4.78 is 0. The van der Waals surface area contributed by atoms with Crippen LogP contribution in [0.15, 0.2) is 36.4 Å². The summed E-state index contributed by atoms with van der Waals surface area (Å²) in [4.78, 5) is 0. The van der Waals surface area contributed by atoms with Crippen molar-refractivity contribution in [1.82, 2.24) is 0 Å². The third kappa shape index (κ3) is 2.03. The Morgan fingerprint density at radius 1 is 1.00 bits per heavy atom. The maximum atomic E-state index is 8.72. The third-order valence-corrected chi connectivity index (χ3v) is 2.95. The SMILES string of the molecule is N#Cc1ccc(-c2ccc(N)c(N)c2Cl)cc1.